The van der Waals surface area contributed by atoms with Gasteiger partial charge in [0.05, 0.1) is 5.69 Å². The number of aryl methyl sites for hydroxylation is 5. The van der Waals surface area contributed by atoms with Crippen LogP contribution in [0.2, 0.25) is 0 Å². The van der Waals surface area contributed by atoms with Crippen LogP contribution in [0.5, 0.6) is 0 Å². The molecule has 24 heavy (non-hydrogen) atoms. The summed E-state index contributed by atoms with van der Waals surface area (Å²) in [5.74, 6) is -0.829. The zero-order valence-electron chi connectivity index (χ0n) is 14.9. The normalized spacial score (nSPS) is 10.5. The van der Waals surface area contributed by atoms with Crippen molar-refractivity contribution in [2.45, 2.75) is 34.1 Å². The number of nitrogens with one attached hydrogen (secondary N) is 2. The van der Waals surface area contributed by atoms with Crippen molar-refractivity contribution in [1.82, 2.24) is 15.1 Å². The standard InChI is InChI=1S/C18H24N4O2/c1-11-8-12(2)15(13(3)9-11)6-7-19-17(23)18(24)20-16-10-14(4)21-22(16)5/h8-10H,6-7H2,1-5H3,(H,19,23)(H,20,24). The molecule has 0 aliphatic rings. The van der Waals surface area contributed by atoms with Gasteiger partial charge in [0.15, 0.2) is 0 Å². The van der Waals surface area contributed by atoms with E-state index in [1.165, 1.54) is 26.9 Å². The monoisotopic (exact) mass is 328 g/mol. The van der Waals surface area contributed by atoms with Crippen molar-refractivity contribution in [3.05, 3.63) is 46.1 Å². The highest BCUT2D eigenvalue weighted by molar-refractivity contribution is 6.39. The third-order valence-corrected chi connectivity index (χ3v) is 3.95. The van der Waals surface area contributed by atoms with Gasteiger partial charge in [0.25, 0.3) is 0 Å². The Morgan fingerprint density at radius 1 is 1.04 bits per heavy atom. The van der Waals surface area contributed by atoms with Crippen LogP contribution in [0.3, 0.4) is 0 Å². The molecule has 1 aromatic heterocycles. The zero-order chi connectivity index (χ0) is 17.9. The molecule has 2 aromatic rings. The third kappa shape index (κ3) is 4.22. The lowest BCUT2D eigenvalue weighted by atomic mass is 9.97. The second kappa shape index (κ2) is 7.29. The molecule has 0 unspecified atom stereocenters. The van der Waals surface area contributed by atoms with Crippen molar-refractivity contribution in [3.8, 4) is 0 Å². The number of anilines is 1. The Morgan fingerprint density at radius 3 is 2.21 bits per heavy atom. The van der Waals surface area contributed by atoms with E-state index >= 15 is 0 Å². The highest BCUT2D eigenvalue weighted by Gasteiger charge is 2.15. The van der Waals surface area contributed by atoms with Gasteiger partial charge in [-0.25, -0.2) is 0 Å². The summed E-state index contributed by atoms with van der Waals surface area (Å²) in [6.45, 7) is 8.43. The second-order valence-electron chi connectivity index (χ2n) is 6.13. The number of hydrogen-bond acceptors (Lipinski definition) is 3. The van der Waals surface area contributed by atoms with Crippen LogP contribution in [0.1, 0.15) is 27.9 Å². The Hall–Kier alpha value is -2.63. The highest BCUT2D eigenvalue weighted by Crippen LogP contribution is 2.16. The number of carbonyl (C=O) groups is 2. The van der Waals surface area contributed by atoms with E-state index in [2.05, 4.69) is 48.6 Å². The number of aromatic nitrogens is 2. The van der Waals surface area contributed by atoms with Gasteiger partial charge in [-0.2, -0.15) is 5.10 Å². The summed E-state index contributed by atoms with van der Waals surface area (Å²) in [6.07, 6.45) is 0.696. The first-order valence-corrected chi connectivity index (χ1v) is 7.94. The molecule has 0 radical (unpaired) electrons. The zero-order valence-corrected chi connectivity index (χ0v) is 14.9. The number of rotatable bonds is 4. The van der Waals surface area contributed by atoms with Gasteiger partial charge >= 0.3 is 11.8 Å². The van der Waals surface area contributed by atoms with E-state index < -0.39 is 11.8 Å². The average Bonchev–Trinajstić information content (AvgIpc) is 2.79. The summed E-state index contributed by atoms with van der Waals surface area (Å²) in [6, 6.07) is 5.97. The molecule has 2 rings (SSSR count). The largest absolute Gasteiger partial charge is 0.347 e. The summed E-state index contributed by atoms with van der Waals surface area (Å²) in [4.78, 5) is 23.9. The molecule has 6 heteroatoms. The molecule has 6 nitrogen and oxygen atoms in total. The predicted molar refractivity (Wildman–Crippen MR) is 93.9 cm³/mol. The summed E-state index contributed by atoms with van der Waals surface area (Å²) < 4.78 is 1.53. The summed E-state index contributed by atoms with van der Waals surface area (Å²) in [7, 11) is 1.71. The average molecular weight is 328 g/mol. The molecule has 1 aromatic carbocycles. The van der Waals surface area contributed by atoms with Crippen LogP contribution in [0, 0.1) is 27.7 Å². The molecule has 0 spiro atoms. The highest BCUT2D eigenvalue weighted by atomic mass is 16.2. The Morgan fingerprint density at radius 2 is 1.67 bits per heavy atom. The molecule has 2 N–H and O–H groups in total. The van der Waals surface area contributed by atoms with Crippen LogP contribution in [0.4, 0.5) is 5.82 Å². The van der Waals surface area contributed by atoms with Crippen LogP contribution in [0.25, 0.3) is 0 Å². The Bertz CT molecular complexity index is 754. The molecule has 0 bridgehead atoms. The molecule has 2 amide bonds. The fourth-order valence-electron chi connectivity index (χ4n) is 2.89. The van der Waals surface area contributed by atoms with Crippen LogP contribution in [-0.4, -0.2) is 28.1 Å². The van der Waals surface area contributed by atoms with Gasteiger partial charge in [-0.1, -0.05) is 17.7 Å². The van der Waals surface area contributed by atoms with E-state index in [0.717, 1.165) is 5.69 Å². The molecule has 0 saturated carbocycles. The lowest BCUT2D eigenvalue weighted by molar-refractivity contribution is -0.136. The van der Waals surface area contributed by atoms with E-state index in [1.54, 1.807) is 13.1 Å². The topological polar surface area (TPSA) is 76.0 Å². The van der Waals surface area contributed by atoms with Crippen molar-refractivity contribution in [1.29, 1.82) is 0 Å². The van der Waals surface area contributed by atoms with Crippen molar-refractivity contribution >= 4 is 17.6 Å². The van der Waals surface area contributed by atoms with Gasteiger partial charge in [-0.3, -0.25) is 14.3 Å². The van der Waals surface area contributed by atoms with Crippen molar-refractivity contribution < 1.29 is 9.59 Å². The van der Waals surface area contributed by atoms with Crippen LogP contribution in [0.15, 0.2) is 18.2 Å². The summed E-state index contributed by atoms with van der Waals surface area (Å²) in [5, 5.41) is 9.35. The SMILES string of the molecule is Cc1cc(C)c(CCNC(=O)C(=O)Nc2cc(C)nn2C)c(C)c1. The molecule has 1 heterocycles. The van der Waals surface area contributed by atoms with Gasteiger partial charge < -0.3 is 10.6 Å². The number of amides is 2. The minimum absolute atomic E-state index is 0.418. The first kappa shape index (κ1) is 17.7. The molecule has 128 valence electrons. The Labute approximate surface area is 142 Å². The molecule has 0 aliphatic heterocycles. The molecule has 0 aliphatic carbocycles. The number of carbonyl (C=O) groups excluding carboxylic acids is 2. The maximum atomic E-state index is 11.9. The van der Waals surface area contributed by atoms with Gasteiger partial charge in [-0.05, 0) is 50.8 Å². The summed E-state index contributed by atoms with van der Waals surface area (Å²) in [5.41, 5.74) is 5.62. The van der Waals surface area contributed by atoms with Crippen LogP contribution in [-0.2, 0) is 23.1 Å². The molecule has 0 saturated heterocycles. The maximum absolute atomic E-state index is 11.9. The fraction of sp³-hybridized carbons (Fsp3) is 0.389. The smallest absolute Gasteiger partial charge is 0.314 e. The summed E-state index contributed by atoms with van der Waals surface area (Å²) >= 11 is 0. The van der Waals surface area contributed by atoms with Crippen LogP contribution >= 0.6 is 0 Å². The van der Waals surface area contributed by atoms with Crippen molar-refractivity contribution in [2.75, 3.05) is 11.9 Å². The minimum Gasteiger partial charge on any atom is -0.347 e. The van der Waals surface area contributed by atoms with Crippen molar-refractivity contribution in [3.63, 3.8) is 0 Å². The Balaban J connectivity index is 1.89. The molecular weight excluding hydrogens is 304 g/mol. The second-order valence-corrected chi connectivity index (χ2v) is 6.13. The lowest BCUT2D eigenvalue weighted by Crippen LogP contribution is -2.37. The fourth-order valence-corrected chi connectivity index (χ4v) is 2.89. The minimum atomic E-state index is -0.685. The quantitative estimate of drug-likeness (QED) is 0.842. The molecule has 0 atom stereocenters. The number of hydrogen-bond donors (Lipinski definition) is 2. The maximum Gasteiger partial charge on any atom is 0.314 e. The first-order chi connectivity index (χ1) is 11.3. The number of nitrogens with zero attached hydrogens (tertiary/aromatic N) is 2. The van der Waals surface area contributed by atoms with Crippen LogP contribution < -0.4 is 10.6 Å². The molecule has 0 fully saturated rings. The van der Waals surface area contributed by atoms with E-state index in [1.807, 2.05) is 6.92 Å². The third-order valence-electron chi connectivity index (χ3n) is 3.95. The van der Waals surface area contributed by atoms with E-state index in [4.69, 9.17) is 0 Å². The number of benzene rings is 1. The van der Waals surface area contributed by atoms with E-state index in [-0.39, 0.29) is 0 Å². The lowest BCUT2D eigenvalue weighted by Gasteiger charge is -2.12. The van der Waals surface area contributed by atoms with E-state index in [0.29, 0.717) is 18.8 Å². The molecular formula is C18H24N4O2. The van der Waals surface area contributed by atoms with Crippen molar-refractivity contribution in [2.24, 2.45) is 7.05 Å². The van der Waals surface area contributed by atoms with Gasteiger partial charge in [0, 0.05) is 19.7 Å². The van der Waals surface area contributed by atoms with E-state index in [9.17, 15) is 9.59 Å². The van der Waals surface area contributed by atoms with Gasteiger partial charge in [-0.15, -0.1) is 0 Å². The predicted octanol–water partition coefficient (Wildman–Crippen LogP) is 1.95. The van der Waals surface area contributed by atoms with Gasteiger partial charge in [0.2, 0.25) is 0 Å². The van der Waals surface area contributed by atoms with Gasteiger partial charge in [0.1, 0.15) is 5.82 Å². The first-order valence-electron chi connectivity index (χ1n) is 7.94. The Kier molecular flexibility index (Phi) is 5.39.